The van der Waals surface area contributed by atoms with Crippen molar-refractivity contribution in [2.24, 2.45) is 5.73 Å². The van der Waals surface area contributed by atoms with E-state index in [1.807, 2.05) is 0 Å². The molecule has 14 heavy (non-hydrogen) atoms. The van der Waals surface area contributed by atoms with Gasteiger partial charge in [0.2, 0.25) is 0 Å². The predicted octanol–water partition coefficient (Wildman–Crippen LogP) is 0.919. The van der Waals surface area contributed by atoms with Crippen LogP contribution in [0.4, 0.5) is 0 Å². The van der Waals surface area contributed by atoms with Gasteiger partial charge in [-0.3, -0.25) is 4.90 Å². The average molecular weight is 211 g/mol. The first-order chi connectivity index (χ1) is 6.79. The zero-order valence-corrected chi connectivity index (χ0v) is 9.31. The normalized spacial score (nSPS) is 21.0. The first-order valence-corrected chi connectivity index (χ1v) is 5.91. The lowest BCUT2D eigenvalue weighted by Gasteiger charge is -2.32. The molecular weight excluding hydrogens is 194 g/mol. The van der Waals surface area contributed by atoms with E-state index in [1.54, 1.807) is 11.3 Å². The van der Waals surface area contributed by atoms with Crippen molar-refractivity contribution >= 4 is 11.3 Å². The molecular formula is C10H17N3S. The van der Waals surface area contributed by atoms with Crippen LogP contribution in [0.2, 0.25) is 0 Å². The summed E-state index contributed by atoms with van der Waals surface area (Å²) in [5.41, 5.74) is 7.54. The van der Waals surface area contributed by atoms with Crippen LogP contribution in [0, 0.1) is 6.92 Å². The number of rotatable bonds is 2. The van der Waals surface area contributed by atoms with Crippen molar-refractivity contribution < 1.29 is 0 Å². The number of hydrogen-bond acceptors (Lipinski definition) is 4. The molecule has 1 aliphatic heterocycles. The second kappa shape index (κ2) is 4.40. The third kappa shape index (κ3) is 1.98. The number of nitrogens with zero attached hydrogens (tertiary/aromatic N) is 1. The summed E-state index contributed by atoms with van der Waals surface area (Å²) in [5.74, 6) is 0. The van der Waals surface area contributed by atoms with Crippen LogP contribution in [-0.2, 0) is 0 Å². The minimum absolute atomic E-state index is 0.0945. The highest BCUT2D eigenvalue weighted by molar-refractivity contribution is 7.10. The molecule has 1 saturated heterocycles. The van der Waals surface area contributed by atoms with E-state index in [4.69, 9.17) is 5.73 Å². The number of thiophene rings is 1. The molecule has 2 rings (SSSR count). The zero-order valence-electron chi connectivity index (χ0n) is 8.49. The van der Waals surface area contributed by atoms with Crippen molar-refractivity contribution in [3.8, 4) is 0 Å². The number of nitrogens with one attached hydrogen (secondary N) is 1. The van der Waals surface area contributed by atoms with Gasteiger partial charge >= 0.3 is 0 Å². The third-order valence-corrected chi connectivity index (χ3v) is 3.80. The van der Waals surface area contributed by atoms with Crippen LogP contribution in [0.15, 0.2) is 11.4 Å². The molecule has 1 aromatic rings. The van der Waals surface area contributed by atoms with Gasteiger partial charge in [0.25, 0.3) is 0 Å². The summed E-state index contributed by atoms with van der Waals surface area (Å²) in [4.78, 5) is 3.65. The molecule has 1 atom stereocenters. The Balaban J connectivity index is 2.07. The van der Waals surface area contributed by atoms with Gasteiger partial charge in [-0.25, -0.2) is 0 Å². The maximum absolute atomic E-state index is 6.22. The Hall–Kier alpha value is -0.420. The number of aryl methyl sites for hydroxylation is 1. The van der Waals surface area contributed by atoms with Crippen LogP contribution in [0.1, 0.15) is 16.6 Å². The Morgan fingerprint density at radius 3 is 2.79 bits per heavy atom. The fourth-order valence-electron chi connectivity index (χ4n) is 1.81. The molecule has 3 N–H and O–H groups in total. The lowest BCUT2D eigenvalue weighted by atomic mass is 10.2. The summed E-state index contributed by atoms with van der Waals surface area (Å²) in [6.07, 6.45) is 0.0945. The van der Waals surface area contributed by atoms with Gasteiger partial charge in [0, 0.05) is 31.1 Å². The first-order valence-electron chi connectivity index (χ1n) is 5.03. The Morgan fingerprint density at radius 1 is 1.50 bits per heavy atom. The van der Waals surface area contributed by atoms with E-state index >= 15 is 0 Å². The van der Waals surface area contributed by atoms with Crippen molar-refractivity contribution in [2.45, 2.75) is 13.1 Å². The predicted molar refractivity (Wildman–Crippen MR) is 60.4 cm³/mol. The minimum atomic E-state index is 0.0945. The van der Waals surface area contributed by atoms with Gasteiger partial charge in [0.05, 0.1) is 6.17 Å². The molecule has 0 aromatic carbocycles. The van der Waals surface area contributed by atoms with Gasteiger partial charge in [-0.2, -0.15) is 0 Å². The molecule has 0 saturated carbocycles. The van der Waals surface area contributed by atoms with Crippen molar-refractivity contribution in [2.75, 3.05) is 26.2 Å². The molecule has 1 fully saturated rings. The van der Waals surface area contributed by atoms with E-state index in [2.05, 4.69) is 28.6 Å². The van der Waals surface area contributed by atoms with Crippen LogP contribution < -0.4 is 11.1 Å². The van der Waals surface area contributed by atoms with Crippen LogP contribution >= 0.6 is 11.3 Å². The monoisotopic (exact) mass is 211 g/mol. The molecule has 1 unspecified atom stereocenters. The van der Waals surface area contributed by atoms with Gasteiger partial charge in [-0.15, -0.1) is 11.3 Å². The van der Waals surface area contributed by atoms with Gasteiger partial charge in [0.1, 0.15) is 0 Å². The summed E-state index contributed by atoms with van der Waals surface area (Å²) < 4.78 is 0. The summed E-state index contributed by atoms with van der Waals surface area (Å²) >= 11 is 1.76. The second-order valence-electron chi connectivity index (χ2n) is 3.70. The second-order valence-corrected chi connectivity index (χ2v) is 4.65. The topological polar surface area (TPSA) is 41.3 Å². The first kappa shape index (κ1) is 10.1. The molecule has 0 spiro atoms. The largest absolute Gasteiger partial charge is 0.314 e. The van der Waals surface area contributed by atoms with E-state index in [9.17, 15) is 0 Å². The lowest BCUT2D eigenvalue weighted by Crippen LogP contribution is -2.47. The fourth-order valence-corrected chi connectivity index (χ4v) is 2.77. The molecule has 0 aliphatic carbocycles. The summed E-state index contributed by atoms with van der Waals surface area (Å²) in [6.45, 7) is 6.35. The highest BCUT2D eigenvalue weighted by atomic mass is 32.1. The number of hydrogen-bond donors (Lipinski definition) is 2. The smallest absolute Gasteiger partial charge is 0.0933 e. The van der Waals surface area contributed by atoms with E-state index in [-0.39, 0.29) is 6.17 Å². The van der Waals surface area contributed by atoms with Crippen molar-refractivity contribution in [3.05, 3.63) is 21.9 Å². The van der Waals surface area contributed by atoms with E-state index in [0.717, 1.165) is 26.2 Å². The molecule has 78 valence electrons. The maximum Gasteiger partial charge on any atom is 0.0933 e. The van der Waals surface area contributed by atoms with E-state index in [0.29, 0.717) is 0 Å². The highest BCUT2D eigenvalue weighted by Gasteiger charge is 2.20. The quantitative estimate of drug-likeness (QED) is 0.764. The number of nitrogens with two attached hydrogens (primary N) is 1. The molecule has 2 heterocycles. The van der Waals surface area contributed by atoms with E-state index < -0.39 is 0 Å². The van der Waals surface area contributed by atoms with Crippen LogP contribution in [0.25, 0.3) is 0 Å². The van der Waals surface area contributed by atoms with Crippen molar-refractivity contribution in [1.82, 2.24) is 10.2 Å². The third-order valence-electron chi connectivity index (χ3n) is 2.72. The van der Waals surface area contributed by atoms with Gasteiger partial charge < -0.3 is 11.1 Å². The summed E-state index contributed by atoms with van der Waals surface area (Å²) in [7, 11) is 0. The standard InChI is InChI=1S/C10H17N3S/c1-8-2-7-14-9(8)10(11)13-5-3-12-4-6-13/h2,7,10,12H,3-6,11H2,1H3. The molecule has 0 radical (unpaired) electrons. The lowest BCUT2D eigenvalue weighted by molar-refractivity contribution is 0.179. The summed E-state index contributed by atoms with van der Waals surface area (Å²) in [6, 6.07) is 2.14. The Kier molecular flexibility index (Phi) is 3.18. The molecule has 4 heteroatoms. The molecule has 1 aromatic heterocycles. The Labute approximate surface area is 88.9 Å². The fraction of sp³-hybridized carbons (Fsp3) is 0.600. The van der Waals surface area contributed by atoms with Crippen LogP contribution in [0.5, 0.6) is 0 Å². The zero-order chi connectivity index (χ0) is 9.97. The number of piperazine rings is 1. The maximum atomic E-state index is 6.22. The molecule has 1 aliphatic rings. The van der Waals surface area contributed by atoms with Crippen LogP contribution in [-0.4, -0.2) is 31.1 Å². The average Bonchev–Trinajstić information content (AvgIpc) is 2.65. The molecule has 0 bridgehead atoms. The minimum Gasteiger partial charge on any atom is -0.314 e. The van der Waals surface area contributed by atoms with Gasteiger partial charge in [-0.1, -0.05) is 0 Å². The van der Waals surface area contributed by atoms with Gasteiger partial charge in [0.15, 0.2) is 0 Å². The van der Waals surface area contributed by atoms with Crippen LogP contribution in [0.3, 0.4) is 0 Å². The summed E-state index contributed by atoms with van der Waals surface area (Å²) in [5, 5.41) is 5.45. The Morgan fingerprint density at radius 2 is 2.21 bits per heavy atom. The van der Waals surface area contributed by atoms with Crippen molar-refractivity contribution in [1.29, 1.82) is 0 Å². The molecule has 0 amide bonds. The van der Waals surface area contributed by atoms with E-state index in [1.165, 1.54) is 10.4 Å². The van der Waals surface area contributed by atoms with Gasteiger partial charge in [-0.05, 0) is 23.9 Å². The SMILES string of the molecule is Cc1ccsc1C(N)N1CCNCC1. The van der Waals surface area contributed by atoms with Crippen molar-refractivity contribution in [3.63, 3.8) is 0 Å². The molecule has 3 nitrogen and oxygen atoms in total. The highest BCUT2D eigenvalue weighted by Crippen LogP contribution is 2.24. The Bertz CT molecular complexity index is 291.